The standard InChI is InChI=1S/C12H25N3/c1-12(2,11-13)7-5-8-14-9-6-10-15(3)4/h14H,5-10H2,1-4H3. The second-order valence-corrected chi connectivity index (χ2v) is 5.01. The van der Waals surface area contributed by atoms with E-state index in [0.717, 1.165) is 32.5 Å². The summed E-state index contributed by atoms with van der Waals surface area (Å²) in [4.78, 5) is 2.19. The summed E-state index contributed by atoms with van der Waals surface area (Å²) in [5, 5.41) is 12.2. The molecule has 0 spiro atoms. The van der Waals surface area contributed by atoms with E-state index in [1.807, 2.05) is 13.8 Å². The van der Waals surface area contributed by atoms with Crippen LogP contribution in [0.5, 0.6) is 0 Å². The molecule has 15 heavy (non-hydrogen) atoms. The zero-order chi connectivity index (χ0) is 11.7. The molecule has 0 rings (SSSR count). The van der Waals surface area contributed by atoms with Crippen LogP contribution in [0.1, 0.15) is 33.1 Å². The SMILES string of the molecule is CN(C)CCCNCCCC(C)(C)C#N. The molecule has 0 bridgehead atoms. The van der Waals surface area contributed by atoms with Gasteiger partial charge in [0.25, 0.3) is 0 Å². The molecule has 0 aromatic heterocycles. The average molecular weight is 211 g/mol. The minimum atomic E-state index is -0.161. The molecule has 0 saturated heterocycles. The van der Waals surface area contributed by atoms with Crippen LogP contribution in [-0.2, 0) is 0 Å². The zero-order valence-electron chi connectivity index (χ0n) is 10.6. The van der Waals surface area contributed by atoms with Gasteiger partial charge in [0, 0.05) is 0 Å². The van der Waals surface area contributed by atoms with E-state index in [4.69, 9.17) is 5.26 Å². The lowest BCUT2D eigenvalue weighted by Crippen LogP contribution is -2.23. The van der Waals surface area contributed by atoms with Gasteiger partial charge in [-0.1, -0.05) is 0 Å². The van der Waals surface area contributed by atoms with Crippen LogP contribution in [0.4, 0.5) is 0 Å². The first kappa shape index (κ1) is 14.4. The highest BCUT2D eigenvalue weighted by Crippen LogP contribution is 2.19. The molecule has 0 amide bonds. The highest BCUT2D eigenvalue weighted by Gasteiger charge is 2.14. The first-order chi connectivity index (χ1) is 6.98. The van der Waals surface area contributed by atoms with Crippen molar-refractivity contribution >= 4 is 0 Å². The van der Waals surface area contributed by atoms with Crippen molar-refractivity contribution in [2.45, 2.75) is 33.1 Å². The minimum Gasteiger partial charge on any atom is -0.317 e. The van der Waals surface area contributed by atoms with E-state index in [1.165, 1.54) is 6.42 Å². The monoisotopic (exact) mass is 211 g/mol. The molecule has 0 fully saturated rings. The lowest BCUT2D eigenvalue weighted by Gasteiger charge is -2.15. The van der Waals surface area contributed by atoms with Crippen LogP contribution in [0.2, 0.25) is 0 Å². The van der Waals surface area contributed by atoms with Crippen molar-refractivity contribution in [3.05, 3.63) is 0 Å². The molecule has 0 heterocycles. The van der Waals surface area contributed by atoms with Gasteiger partial charge in [0.15, 0.2) is 0 Å². The molecule has 0 aliphatic carbocycles. The summed E-state index contributed by atoms with van der Waals surface area (Å²) in [6.07, 6.45) is 3.25. The van der Waals surface area contributed by atoms with Crippen LogP contribution in [0, 0.1) is 16.7 Å². The van der Waals surface area contributed by atoms with E-state index in [1.54, 1.807) is 0 Å². The van der Waals surface area contributed by atoms with Gasteiger partial charge in [-0.3, -0.25) is 0 Å². The van der Waals surface area contributed by atoms with Crippen LogP contribution in [-0.4, -0.2) is 38.6 Å². The van der Waals surface area contributed by atoms with Crippen LogP contribution in [0.3, 0.4) is 0 Å². The summed E-state index contributed by atoms with van der Waals surface area (Å²) in [5.74, 6) is 0. The number of nitrogens with one attached hydrogen (secondary N) is 1. The summed E-state index contributed by atoms with van der Waals surface area (Å²) in [6.45, 7) is 7.23. The predicted molar refractivity (Wildman–Crippen MR) is 64.7 cm³/mol. The predicted octanol–water partition coefficient (Wildman–Crippen LogP) is 1.86. The Labute approximate surface area is 94.5 Å². The van der Waals surface area contributed by atoms with E-state index >= 15 is 0 Å². The van der Waals surface area contributed by atoms with Gasteiger partial charge in [0.1, 0.15) is 0 Å². The molecule has 0 atom stereocenters. The van der Waals surface area contributed by atoms with Crippen molar-refractivity contribution in [3.8, 4) is 6.07 Å². The lowest BCUT2D eigenvalue weighted by atomic mass is 9.90. The molecule has 88 valence electrons. The Morgan fingerprint density at radius 2 is 1.80 bits per heavy atom. The third-order valence-corrected chi connectivity index (χ3v) is 2.42. The fraction of sp³-hybridized carbons (Fsp3) is 0.917. The maximum atomic E-state index is 8.82. The third-order valence-electron chi connectivity index (χ3n) is 2.42. The van der Waals surface area contributed by atoms with E-state index in [-0.39, 0.29) is 5.41 Å². The zero-order valence-corrected chi connectivity index (χ0v) is 10.6. The summed E-state index contributed by atoms with van der Waals surface area (Å²) >= 11 is 0. The highest BCUT2D eigenvalue weighted by molar-refractivity contribution is 4.91. The lowest BCUT2D eigenvalue weighted by molar-refractivity contribution is 0.388. The van der Waals surface area contributed by atoms with E-state index < -0.39 is 0 Å². The Balaban J connectivity index is 3.23. The second-order valence-electron chi connectivity index (χ2n) is 5.01. The van der Waals surface area contributed by atoms with E-state index in [0.29, 0.717) is 0 Å². The minimum absolute atomic E-state index is 0.161. The molecule has 0 aromatic rings. The van der Waals surface area contributed by atoms with Gasteiger partial charge >= 0.3 is 0 Å². The summed E-state index contributed by atoms with van der Waals surface area (Å²) < 4.78 is 0. The van der Waals surface area contributed by atoms with Crippen LogP contribution >= 0.6 is 0 Å². The quantitative estimate of drug-likeness (QED) is 0.623. The number of nitrogens with zero attached hydrogens (tertiary/aromatic N) is 2. The molecular formula is C12H25N3. The molecule has 0 aliphatic rings. The van der Waals surface area contributed by atoms with Crippen LogP contribution in [0.15, 0.2) is 0 Å². The molecule has 3 heteroatoms. The van der Waals surface area contributed by atoms with Gasteiger partial charge < -0.3 is 10.2 Å². The average Bonchev–Trinajstić information content (AvgIpc) is 2.16. The first-order valence-corrected chi connectivity index (χ1v) is 5.74. The Morgan fingerprint density at radius 1 is 1.20 bits per heavy atom. The van der Waals surface area contributed by atoms with Crippen molar-refractivity contribution in [1.82, 2.24) is 10.2 Å². The Bertz CT molecular complexity index is 192. The Morgan fingerprint density at radius 3 is 2.33 bits per heavy atom. The normalized spacial score (nSPS) is 11.7. The molecule has 1 N–H and O–H groups in total. The summed E-state index contributed by atoms with van der Waals surface area (Å²) in [7, 11) is 4.19. The second kappa shape index (κ2) is 7.67. The maximum Gasteiger partial charge on any atom is 0.0683 e. The Kier molecular flexibility index (Phi) is 7.37. The third kappa shape index (κ3) is 9.71. The molecule has 0 radical (unpaired) electrons. The molecule has 0 saturated carbocycles. The van der Waals surface area contributed by atoms with Crippen molar-refractivity contribution in [1.29, 1.82) is 5.26 Å². The summed E-state index contributed by atoms with van der Waals surface area (Å²) in [6, 6.07) is 2.32. The van der Waals surface area contributed by atoms with Crippen molar-refractivity contribution in [2.24, 2.45) is 5.41 Å². The highest BCUT2D eigenvalue weighted by atomic mass is 15.0. The number of hydrogen-bond acceptors (Lipinski definition) is 3. The number of hydrogen-bond donors (Lipinski definition) is 1. The van der Waals surface area contributed by atoms with E-state index in [2.05, 4.69) is 30.4 Å². The van der Waals surface area contributed by atoms with E-state index in [9.17, 15) is 0 Å². The van der Waals surface area contributed by atoms with Gasteiger partial charge in [-0.25, -0.2) is 0 Å². The van der Waals surface area contributed by atoms with Crippen LogP contribution in [0.25, 0.3) is 0 Å². The topological polar surface area (TPSA) is 39.1 Å². The van der Waals surface area contributed by atoms with Crippen LogP contribution < -0.4 is 5.32 Å². The fourth-order valence-electron chi connectivity index (χ4n) is 1.36. The maximum absolute atomic E-state index is 8.82. The van der Waals surface area contributed by atoms with Crippen molar-refractivity contribution in [3.63, 3.8) is 0 Å². The fourth-order valence-corrected chi connectivity index (χ4v) is 1.36. The number of nitriles is 1. The largest absolute Gasteiger partial charge is 0.317 e. The summed E-state index contributed by atoms with van der Waals surface area (Å²) in [5.41, 5.74) is -0.161. The van der Waals surface area contributed by atoms with Crippen molar-refractivity contribution in [2.75, 3.05) is 33.7 Å². The van der Waals surface area contributed by atoms with Gasteiger partial charge in [0.2, 0.25) is 0 Å². The smallest absolute Gasteiger partial charge is 0.0683 e. The molecule has 0 aliphatic heterocycles. The molecule has 0 aromatic carbocycles. The first-order valence-electron chi connectivity index (χ1n) is 5.74. The van der Waals surface area contributed by atoms with Gasteiger partial charge in [-0.15, -0.1) is 0 Å². The molecule has 3 nitrogen and oxygen atoms in total. The number of rotatable bonds is 8. The Hall–Kier alpha value is -0.590. The molecule has 0 unspecified atom stereocenters. The van der Waals surface area contributed by atoms with Gasteiger partial charge in [-0.2, -0.15) is 5.26 Å². The van der Waals surface area contributed by atoms with Crippen molar-refractivity contribution < 1.29 is 0 Å². The van der Waals surface area contributed by atoms with Gasteiger partial charge in [0.05, 0.1) is 11.5 Å². The van der Waals surface area contributed by atoms with Gasteiger partial charge in [-0.05, 0) is 66.8 Å². The molecular weight excluding hydrogens is 186 g/mol.